The van der Waals surface area contributed by atoms with Crippen molar-refractivity contribution in [2.24, 2.45) is 5.92 Å². The first-order chi connectivity index (χ1) is 12.9. The van der Waals surface area contributed by atoms with Crippen molar-refractivity contribution in [1.29, 1.82) is 0 Å². The van der Waals surface area contributed by atoms with Crippen LogP contribution in [-0.4, -0.2) is 29.3 Å². The van der Waals surface area contributed by atoms with Gasteiger partial charge >= 0.3 is 0 Å². The van der Waals surface area contributed by atoms with Crippen molar-refractivity contribution in [2.75, 3.05) is 6.54 Å². The SMILES string of the molecule is CC(C)CNC(=O)[C@@H](C)N(Cc1cccc(Br)c1)C(=O)Cc1ccccc1. The lowest BCUT2D eigenvalue weighted by atomic mass is 10.1. The molecule has 4 nitrogen and oxygen atoms in total. The minimum absolute atomic E-state index is 0.0617. The van der Waals surface area contributed by atoms with Crippen LogP contribution >= 0.6 is 15.9 Å². The highest BCUT2D eigenvalue weighted by Crippen LogP contribution is 2.16. The van der Waals surface area contributed by atoms with E-state index in [1.165, 1.54) is 0 Å². The number of nitrogens with zero attached hydrogens (tertiary/aromatic N) is 1. The highest BCUT2D eigenvalue weighted by molar-refractivity contribution is 9.10. The van der Waals surface area contributed by atoms with Crippen molar-refractivity contribution in [2.45, 2.75) is 39.8 Å². The normalized spacial score (nSPS) is 11.9. The van der Waals surface area contributed by atoms with Gasteiger partial charge in [0.2, 0.25) is 11.8 Å². The van der Waals surface area contributed by atoms with E-state index in [2.05, 4.69) is 21.2 Å². The molecule has 1 atom stereocenters. The molecule has 0 spiro atoms. The van der Waals surface area contributed by atoms with E-state index in [1.54, 1.807) is 11.8 Å². The van der Waals surface area contributed by atoms with Gasteiger partial charge in [-0.05, 0) is 36.1 Å². The van der Waals surface area contributed by atoms with Gasteiger partial charge in [-0.15, -0.1) is 0 Å². The molecule has 27 heavy (non-hydrogen) atoms. The highest BCUT2D eigenvalue weighted by Gasteiger charge is 2.26. The Labute approximate surface area is 170 Å². The molecule has 0 fully saturated rings. The molecular formula is C22H27BrN2O2. The van der Waals surface area contributed by atoms with Gasteiger partial charge in [-0.3, -0.25) is 9.59 Å². The average molecular weight is 431 g/mol. The molecule has 0 radical (unpaired) electrons. The number of hydrogen-bond donors (Lipinski definition) is 1. The standard InChI is InChI=1S/C22H27BrN2O2/c1-16(2)14-24-22(27)17(3)25(15-19-10-7-11-20(23)12-19)21(26)13-18-8-5-4-6-9-18/h4-12,16-17H,13-15H2,1-3H3,(H,24,27)/t17-/m1/s1. The molecule has 0 aliphatic heterocycles. The van der Waals surface area contributed by atoms with E-state index >= 15 is 0 Å². The van der Waals surface area contributed by atoms with Crippen molar-refractivity contribution in [1.82, 2.24) is 10.2 Å². The number of halogens is 1. The molecule has 0 saturated carbocycles. The Morgan fingerprint density at radius 2 is 1.67 bits per heavy atom. The molecule has 0 aliphatic rings. The van der Waals surface area contributed by atoms with Gasteiger partial charge in [0.15, 0.2) is 0 Å². The maximum absolute atomic E-state index is 13.0. The van der Waals surface area contributed by atoms with Crippen LogP contribution in [0.25, 0.3) is 0 Å². The van der Waals surface area contributed by atoms with Crippen LogP contribution in [-0.2, 0) is 22.6 Å². The number of nitrogens with one attached hydrogen (secondary N) is 1. The van der Waals surface area contributed by atoms with Crippen LogP contribution in [0.4, 0.5) is 0 Å². The van der Waals surface area contributed by atoms with E-state index in [9.17, 15) is 9.59 Å². The van der Waals surface area contributed by atoms with E-state index in [0.717, 1.165) is 15.6 Å². The summed E-state index contributed by atoms with van der Waals surface area (Å²) in [7, 11) is 0. The maximum atomic E-state index is 13.0. The number of rotatable bonds is 8. The lowest BCUT2D eigenvalue weighted by molar-refractivity contribution is -0.140. The number of carbonyl (C=O) groups is 2. The summed E-state index contributed by atoms with van der Waals surface area (Å²) in [5, 5.41) is 2.94. The summed E-state index contributed by atoms with van der Waals surface area (Å²) < 4.78 is 0.951. The summed E-state index contributed by atoms with van der Waals surface area (Å²) in [5.74, 6) is 0.174. The maximum Gasteiger partial charge on any atom is 0.242 e. The molecule has 144 valence electrons. The predicted octanol–water partition coefficient (Wildman–Crippen LogP) is 4.18. The molecule has 0 aromatic heterocycles. The number of benzene rings is 2. The monoisotopic (exact) mass is 430 g/mol. The molecule has 5 heteroatoms. The van der Waals surface area contributed by atoms with Gasteiger partial charge in [-0.2, -0.15) is 0 Å². The highest BCUT2D eigenvalue weighted by atomic mass is 79.9. The van der Waals surface area contributed by atoms with Crippen molar-refractivity contribution in [3.05, 3.63) is 70.2 Å². The average Bonchev–Trinajstić information content (AvgIpc) is 2.64. The second-order valence-corrected chi connectivity index (χ2v) is 8.04. The molecule has 0 unspecified atom stereocenters. The van der Waals surface area contributed by atoms with Crippen LogP contribution in [0.5, 0.6) is 0 Å². The molecule has 2 amide bonds. The molecule has 2 rings (SSSR count). The van der Waals surface area contributed by atoms with Crippen LogP contribution in [0.15, 0.2) is 59.1 Å². The van der Waals surface area contributed by atoms with Crippen LogP contribution in [0.3, 0.4) is 0 Å². The number of hydrogen-bond acceptors (Lipinski definition) is 2. The van der Waals surface area contributed by atoms with Gasteiger partial charge in [0.05, 0.1) is 6.42 Å². The minimum Gasteiger partial charge on any atom is -0.354 e. The lowest BCUT2D eigenvalue weighted by Gasteiger charge is -2.29. The van der Waals surface area contributed by atoms with Gasteiger partial charge in [0, 0.05) is 17.6 Å². The van der Waals surface area contributed by atoms with Crippen LogP contribution in [0.2, 0.25) is 0 Å². The first kappa shape index (κ1) is 21.2. The number of carbonyl (C=O) groups excluding carboxylic acids is 2. The van der Waals surface area contributed by atoms with E-state index in [-0.39, 0.29) is 18.2 Å². The third kappa shape index (κ3) is 6.83. The quantitative estimate of drug-likeness (QED) is 0.682. The van der Waals surface area contributed by atoms with Crippen LogP contribution in [0, 0.1) is 5.92 Å². The fourth-order valence-electron chi connectivity index (χ4n) is 2.74. The van der Waals surface area contributed by atoms with Crippen molar-refractivity contribution >= 4 is 27.7 Å². The Morgan fingerprint density at radius 1 is 1.00 bits per heavy atom. The van der Waals surface area contributed by atoms with Gasteiger partial charge in [0.1, 0.15) is 6.04 Å². The smallest absolute Gasteiger partial charge is 0.242 e. The Hall–Kier alpha value is -2.14. The molecular weight excluding hydrogens is 404 g/mol. The number of amides is 2. The summed E-state index contributed by atoms with van der Waals surface area (Å²) in [4.78, 5) is 27.3. The fraction of sp³-hybridized carbons (Fsp3) is 0.364. The van der Waals surface area contributed by atoms with Gasteiger partial charge in [-0.1, -0.05) is 72.2 Å². The summed E-state index contributed by atoms with van der Waals surface area (Å²) in [6.45, 7) is 6.87. The molecule has 0 heterocycles. The van der Waals surface area contributed by atoms with Gasteiger partial charge in [-0.25, -0.2) is 0 Å². The second kappa shape index (κ2) is 10.3. The Morgan fingerprint density at radius 3 is 2.30 bits per heavy atom. The van der Waals surface area contributed by atoms with Crippen LogP contribution < -0.4 is 5.32 Å². The summed E-state index contributed by atoms with van der Waals surface area (Å²) in [5.41, 5.74) is 1.92. The molecule has 2 aromatic rings. The second-order valence-electron chi connectivity index (χ2n) is 7.13. The van der Waals surface area contributed by atoms with Gasteiger partial charge < -0.3 is 10.2 Å². The lowest BCUT2D eigenvalue weighted by Crippen LogP contribution is -2.48. The first-order valence-corrected chi connectivity index (χ1v) is 10.0. The summed E-state index contributed by atoms with van der Waals surface area (Å²) in [6.07, 6.45) is 0.274. The summed E-state index contributed by atoms with van der Waals surface area (Å²) in [6, 6.07) is 16.9. The zero-order valence-electron chi connectivity index (χ0n) is 16.1. The van der Waals surface area contributed by atoms with E-state index in [1.807, 2.05) is 68.4 Å². The minimum atomic E-state index is -0.543. The molecule has 2 aromatic carbocycles. The van der Waals surface area contributed by atoms with Gasteiger partial charge in [0.25, 0.3) is 0 Å². The topological polar surface area (TPSA) is 49.4 Å². The zero-order valence-corrected chi connectivity index (χ0v) is 17.7. The van der Waals surface area contributed by atoms with Crippen LogP contribution in [0.1, 0.15) is 31.9 Å². The van der Waals surface area contributed by atoms with Crippen molar-refractivity contribution in [3.63, 3.8) is 0 Å². The first-order valence-electron chi connectivity index (χ1n) is 9.22. The third-order valence-corrected chi connectivity index (χ3v) is 4.79. The largest absolute Gasteiger partial charge is 0.354 e. The van der Waals surface area contributed by atoms with E-state index in [4.69, 9.17) is 0 Å². The zero-order chi connectivity index (χ0) is 19.8. The Balaban J connectivity index is 2.18. The Kier molecular flexibility index (Phi) is 8.04. The van der Waals surface area contributed by atoms with E-state index < -0.39 is 6.04 Å². The Bertz CT molecular complexity index is 762. The fourth-order valence-corrected chi connectivity index (χ4v) is 3.19. The van der Waals surface area contributed by atoms with E-state index in [0.29, 0.717) is 19.0 Å². The molecule has 0 aliphatic carbocycles. The molecule has 0 bridgehead atoms. The van der Waals surface area contributed by atoms with Crippen molar-refractivity contribution in [3.8, 4) is 0 Å². The molecule has 0 saturated heterocycles. The predicted molar refractivity (Wildman–Crippen MR) is 112 cm³/mol. The van der Waals surface area contributed by atoms with Crippen molar-refractivity contribution < 1.29 is 9.59 Å². The third-order valence-electron chi connectivity index (χ3n) is 4.29. The summed E-state index contributed by atoms with van der Waals surface area (Å²) >= 11 is 3.47. The molecule has 1 N–H and O–H groups in total.